The van der Waals surface area contributed by atoms with Crippen LogP contribution < -0.4 is 0 Å². The molecule has 0 saturated heterocycles. The standard InChI is InChI=1S/C12H16O3S/c1-16(13,14)15-9-10-5-7-12(8-6-10)11-3-2-4-11/h5-8,11H,2-4,9H2,1H3. The van der Waals surface area contributed by atoms with Gasteiger partial charge in [0.1, 0.15) is 0 Å². The zero-order chi connectivity index (χ0) is 11.6. The van der Waals surface area contributed by atoms with Crippen LogP contribution in [0.5, 0.6) is 0 Å². The van der Waals surface area contributed by atoms with E-state index in [1.807, 2.05) is 12.1 Å². The molecule has 1 aromatic rings. The first-order valence-corrected chi connectivity index (χ1v) is 7.29. The first kappa shape index (κ1) is 11.6. The lowest BCUT2D eigenvalue weighted by molar-refractivity contribution is 0.311. The summed E-state index contributed by atoms with van der Waals surface area (Å²) in [5.74, 6) is 0.713. The summed E-state index contributed by atoms with van der Waals surface area (Å²) < 4.78 is 26.4. The average Bonchev–Trinajstić information content (AvgIpc) is 2.13. The molecule has 0 radical (unpaired) electrons. The molecule has 0 heterocycles. The van der Waals surface area contributed by atoms with Crippen molar-refractivity contribution in [2.75, 3.05) is 6.26 Å². The summed E-state index contributed by atoms with van der Waals surface area (Å²) in [5.41, 5.74) is 2.25. The lowest BCUT2D eigenvalue weighted by Crippen LogP contribution is -2.08. The molecule has 0 N–H and O–H groups in total. The first-order valence-electron chi connectivity index (χ1n) is 5.48. The van der Waals surface area contributed by atoms with E-state index in [2.05, 4.69) is 12.1 Å². The summed E-state index contributed by atoms with van der Waals surface area (Å²) in [5, 5.41) is 0. The highest BCUT2D eigenvalue weighted by Gasteiger charge is 2.18. The summed E-state index contributed by atoms with van der Waals surface area (Å²) in [6.45, 7) is 0.129. The largest absolute Gasteiger partial charge is 0.265 e. The van der Waals surface area contributed by atoms with Crippen LogP contribution in [0.2, 0.25) is 0 Å². The zero-order valence-corrected chi connectivity index (χ0v) is 10.2. The van der Waals surface area contributed by atoms with Crippen molar-refractivity contribution in [1.29, 1.82) is 0 Å². The molecular weight excluding hydrogens is 224 g/mol. The van der Waals surface area contributed by atoms with Gasteiger partial charge in [-0.15, -0.1) is 0 Å². The number of hydrogen-bond donors (Lipinski definition) is 0. The van der Waals surface area contributed by atoms with E-state index >= 15 is 0 Å². The van der Waals surface area contributed by atoms with Gasteiger partial charge in [-0.25, -0.2) is 0 Å². The quantitative estimate of drug-likeness (QED) is 0.759. The Labute approximate surface area is 96.6 Å². The Morgan fingerprint density at radius 3 is 2.31 bits per heavy atom. The Hall–Kier alpha value is -0.870. The molecule has 2 rings (SSSR count). The molecule has 0 bridgehead atoms. The van der Waals surface area contributed by atoms with Gasteiger partial charge in [-0.2, -0.15) is 8.42 Å². The molecule has 1 saturated carbocycles. The summed E-state index contributed by atoms with van der Waals surface area (Å²) in [6.07, 6.45) is 4.94. The number of hydrogen-bond acceptors (Lipinski definition) is 3. The molecule has 1 aromatic carbocycles. The van der Waals surface area contributed by atoms with Gasteiger partial charge in [0, 0.05) is 0 Å². The highest BCUT2D eigenvalue weighted by Crippen LogP contribution is 2.36. The molecule has 3 nitrogen and oxygen atoms in total. The van der Waals surface area contributed by atoms with Crippen LogP contribution in [0.3, 0.4) is 0 Å². The molecule has 88 valence electrons. The predicted molar refractivity (Wildman–Crippen MR) is 62.7 cm³/mol. The Bertz CT molecular complexity index is 444. The average molecular weight is 240 g/mol. The Kier molecular flexibility index (Phi) is 3.30. The van der Waals surface area contributed by atoms with Crippen molar-refractivity contribution in [2.24, 2.45) is 0 Å². The minimum Gasteiger partial charge on any atom is -0.265 e. The third-order valence-electron chi connectivity index (χ3n) is 3.00. The molecule has 0 spiro atoms. The van der Waals surface area contributed by atoms with Crippen molar-refractivity contribution in [3.63, 3.8) is 0 Å². The molecule has 0 atom stereocenters. The van der Waals surface area contributed by atoms with Gasteiger partial charge in [-0.1, -0.05) is 30.7 Å². The molecule has 0 amide bonds. The minimum atomic E-state index is -3.34. The lowest BCUT2D eigenvalue weighted by atomic mass is 9.80. The smallest absolute Gasteiger partial charge is 0.264 e. The second kappa shape index (κ2) is 4.55. The van der Waals surface area contributed by atoms with Crippen molar-refractivity contribution in [3.05, 3.63) is 35.4 Å². The molecule has 16 heavy (non-hydrogen) atoms. The van der Waals surface area contributed by atoms with Crippen molar-refractivity contribution in [1.82, 2.24) is 0 Å². The van der Waals surface area contributed by atoms with Crippen LogP contribution in [0.15, 0.2) is 24.3 Å². The van der Waals surface area contributed by atoms with Gasteiger partial charge >= 0.3 is 0 Å². The third-order valence-corrected chi connectivity index (χ3v) is 3.54. The normalized spacial score (nSPS) is 17.1. The maximum absolute atomic E-state index is 10.8. The van der Waals surface area contributed by atoms with Gasteiger partial charge in [-0.3, -0.25) is 4.18 Å². The fourth-order valence-electron chi connectivity index (χ4n) is 1.80. The van der Waals surface area contributed by atoms with E-state index in [1.165, 1.54) is 24.8 Å². The number of benzene rings is 1. The van der Waals surface area contributed by atoms with Crippen LogP contribution in [0.4, 0.5) is 0 Å². The highest BCUT2D eigenvalue weighted by atomic mass is 32.2. The van der Waals surface area contributed by atoms with E-state index in [4.69, 9.17) is 4.18 Å². The van der Waals surface area contributed by atoms with Gasteiger partial charge in [0.15, 0.2) is 0 Å². The van der Waals surface area contributed by atoms with Crippen molar-refractivity contribution in [2.45, 2.75) is 31.8 Å². The molecular formula is C12H16O3S. The monoisotopic (exact) mass is 240 g/mol. The number of rotatable bonds is 4. The topological polar surface area (TPSA) is 43.4 Å². The fourth-order valence-corrected chi connectivity index (χ4v) is 2.15. The molecule has 1 aliphatic rings. The second-order valence-corrected chi connectivity index (χ2v) is 5.98. The maximum atomic E-state index is 10.8. The minimum absolute atomic E-state index is 0.129. The SMILES string of the molecule is CS(=O)(=O)OCc1ccc(C2CCC2)cc1. The highest BCUT2D eigenvalue weighted by molar-refractivity contribution is 7.85. The van der Waals surface area contributed by atoms with E-state index in [-0.39, 0.29) is 6.61 Å². The summed E-state index contributed by atoms with van der Waals surface area (Å²) in [4.78, 5) is 0. The van der Waals surface area contributed by atoms with Crippen LogP contribution in [0, 0.1) is 0 Å². The van der Waals surface area contributed by atoms with Crippen LogP contribution in [0.25, 0.3) is 0 Å². The van der Waals surface area contributed by atoms with Crippen LogP contribution >= 0.6 is 0 Å². The summed E-state index contributed by atoms with van der Waals surface area (Å²) in [7, 11) is -3.34. The third kappa shape index (κ3) is 3.06. The summed E-state index contributed by atoms with van der Waals surface area (Å²) >= 11 is 0. The Morgan fingerprint density at radius 1 is 1.25 bits per heavy atom. The van der Waals surface area contributed by atoms with Crippen LogP contribution in [-0.2, 0) is 20.9 Å². The van der Waals surface area contributed by atoms with Crippen molar-refractivity contribution in [3.8, 4) is 0 Å². The van der Waals surface area contributed by atoms with E-state index < -0.39 is 10.1 Å². The Balaban J connectivity index is 1.96. The van der Waals surface area contributed by atoms with Gasteiger partial charge in [-0.05, 0) is 29.9 Å². The van der Waals surface area contributed by atoms with Gasteiger partial charge in [0.25, 0.3) is 10.1 Å². The maximum Gasteiger partial charge on any atom is 0.264 e. The van der Waals surface area contributed by atoms with Gasteiger partial charge in [0.2, 0.25) is 0 Å². The first-order chi connectivity index (χ1) is 7.54. The van der Waals surface area contributed by atoms with Gasteiger partial charge < -0.3 is 0 Å². The molecule has 4 heteroatoms. The lowest BCUT2D eigenvalue weighted by Gasteiger charge is -2.25. The molecule has 1 aliphatic carbocycles. The molecule has 0 aromatic heterocycles. The van der Waals surface area contributed by atoms with Crippen LogP contribution in [-0.4, -0.2) is 14.7 Å². The van der Waals surface area contributed by atoms with Crippen molar-refractivity contribution < 1.29 is 12.6 Å². The predicted octanol–water partition coefficient (Wildman–Crippen LogP) is 2.43. The Morgan fingerprint density at radius 2 is 1.88 bits per heavy atom. The summed E-state index contributed by atoms with van der Waals surface area (Å²) in [6, 6.07) is 8.03. The van der Waals surface area contributed by atoms with E-state index in [0.29, 0.717) is 5.92 Å². The molecule has 0 aliphatic heterocycles. The fraction of sp³-hybridized carbons (Fsp3) is 0.500. The van der Waals surface area contributed by atoms with Crippen molar-refractivity contribution >= 4 is 10.1 Å². The second-order valence-electron chi connectivity index (χ2n) is 4.34. The zero-order valence-electron chi connectivity index (χ0n) is 9.35. The van der Waals surface area contributed by atoms with E-state index in [1.54, 1.807) is 0 Å². The molecule has 0 unspecified atom stereocenters. The van der Waals surface area contributed by atoms with Gasteiger partial charge in [0.05, 0.1) is 12.9 Å². The van der Waals surface area contributed by atoms with E-state index in [9.17, 15) is 8.42 Å². The van der Waals surface area contributed by atoms with Crippen LogP contribution in [0.1, 0.15) is 36.3 Å². The van der Waals surface area contributed by atoms with E-state index in [0.717, 1.165) is 11.8 Å². The molecule has 1 fully saturated rings.